The largest absolute Gasteiger partial charge is 0.450 e. The smallest absolute Gasteiger partial charge is 0.178 e. The molecular weight excluding hydrogens is 552 g/mol. The van der Waals surface area contributed by atoms with E-state index in [1.165, 1.54) is 10.2 Å². The lowest BCUT2D eigenvalue weighted by atomic mass is 9.94. The van der Waals surface area contributed by atoms with Crippen LogP contribution in [0.1, 0.15) is 22.9 Å². The van der Waals surface area contributed by atoms with Crippen molar-refractivity contribution < 1.29 is 29.6 Å². The van der Waals surface area contributed by atoms with Crippen molar-refractivity contribution in [2.75, 3.05) is 36.2 Å². The van der Waals surface area contributed by atoms with Crippen LogP contribution in [0, 0.1) is 6.92 Å². The molecule has 1 fully saturated rings. The van der Waals surface area contributed by atoms with Gasteiger partial charge in [0, 0.05) is 45.0 Å². The molecule has 0 bridgehead atoms. The number of fused-ring (bicyclic) bond motifs is 1. The fraction of sp³-hybridized carbons (Fsp3) is 0.357. The van der Waals surface area contributed by atoms with Crippen molar-refractivity contribution in [1.29, 1.82) is 0 Å². The van der Waals surface area contributed by atoms with E-state index in [0.29, 0.717) is 60.4 Å². The Bertz CT molecular complexity index is 1640. The zero-order valence-corrected chi connectivity index (χ0v) is 23.8. The van der Waals surface area contributed by atoms with E-state index in [0.717, 1.165) is 11.3 Å². The molecule has 0 saturated carbocycles. The Morgan fingerprint density at radius 3 is 2.51 bits per heavy atom. The lowest BCUT2D eigenvalue weighted by molar-refractivity contribution is -0.318. The Morgan fingerprint density at radius 2 is 1.81 bits per heavy atom. The van der Waals surface area contributed by atoms with Crippen LogP contribution in [0.3, 0.4) is 0 Å². The summed E-state index contributed by atoms with van der Waals surface area (Å²) in [6.45, 7) is 4.13. The normalized spacial score (nSPS) is 18.0. The quantitative estimate of drug-likeness (QED) is 0.143. The molecule has 43 heavy (non-hydrogen) atoms. The molecule has 2 aliphatic rings. The molecule has 5 heterocycles. The van der Waals surface area contributed by atoms with Crippen molar-refractivity contribution in [2.24, 2.45) is 7.05 Å². The molecule has 1 atom stereocenters. The summed E-state index contributed by atoms with van der Waals surface area (Å²) in [6.07, 6.45) is 4.04. The second-order valence-electron chi connectivity index (χ2n) is 10.8. The van der Waals surface area contributed by atoms with Gasteiger partial charge in [0.2, 0.25) is 0 Å². The monoisotopic (exact) mass is 583 g/mol. The van der Waals surface area contributed by atoms with Gasteiger partial charge in [0.25, 0.3) is 0 Å². The third-order valence-corrected chi connectivity index (χ3v) is 7.50. The number of hydrogen-bond acceptors (Lipinski definition) is 12. The van der Waals surface area contributed by atoms with Gasteiger partial charge in [0.05, 0.1) is 30.6 Å². The fourth-order valence-corrected chi connectivity index (χ4v) is 5.29. The van der Waals surface area contributed by atoms with E-state index in [4.69, 9.17) is 29.8 Å². The number of morpholine rings is 1. The Morgan fingerprint density at radius 1 is 1.07 bits per heavy atom. The molecule has 220 valence electrons. The van der Waals surface area contributed by atoms with Gasteiger partial charge in [-0.2, -0.15) is 5.10 Å². The minimum Gasteiger partial charge on any atom is -0.450 e. The summed E-state index contributed by atoms with van der Waals surface area (Å²) in [6, 6.07) is 13.7. The number of furan rings is 1. The predicted molar refractivity (Wildman–Crippen MR) is 159 cm³/mol. The highest BCUT2D eigenvalue weighted by Gasteiger charge is 2.38. The van der Waals surface area contributed by atoms with Crippen LogP contribution < -0.4 is 15.3 Å². The maximum atomic E-state index is 9.82. The number of aromatic nitrogens is 3. The topological polar surface area (TPSA) is 156 Å². The van der Waals surface area contributed by atoms with E-state index in [2.05, 4.69) is 46.6 Å². The SMILES string of the molecule is [B]C(O)(O)N(Cc1cc(-c2cc3nc(N4C=CC(c5cccc(C)c5)N4)cc(N4CCOCC4)c3o2)nn1C)C([B])(O)O. The van der Waals surface area contributed by atoms with Gasteiger partial charge in [-0.1, -0.05) is 29.8 Å². The molecule has 4 aromatic rings. The number of aliphatic hydroxyl groups is 4. The van der Waals surface area contributed by atoms with Crippen molar-refractivity contribution in [2.45, 2.75) is 31.1 Å². The first-order valence-corrected chi connectivity index (χ1v) is 13.7. The second kappa shape index (κ2) is 11.1. The summed E-state index contributed by atoms with van der Waals surface area (Å²) in [5.74, 6) is -5.15. The van der Waals surface area contributed by atoms with Gasteiger partial charge in [0.1, 0.15) is 17.0 Å². The summed E-state index contributed by atoms with van der Waals surface area (Å²) < 4.78 is 13.3. The molecule has 0 spiro atoms. The summed E-state index contributed by atoms with van der Waals surface area (Å²) in [5.41, 5.74) is 8.60. The number of hydrazine groups is 1. The minimum atomic E-state index is -3.12. The summed E-state index contributed by atoms with van der Waals surface area (Å²) in [4.78, 5) is 7.37. The van der Waals surface area contributed by atoms with Crippen molar-refractivity contribution >= 4 is 38.3 Å². The molecule has 1 aromatic carbocycles. The van der Waals surface area contributed by atoms with Gasteiger partial charge < -0.3 is 34.5 Å². The van der Waals surface area contributed by atoms with Crippen LogP contribution in [0.15, 0.2) is 59.2 Å². The highest BCUT2D eigenvalue weighted by molar-refractivity contribution is 6.15. The van der Waals surface area contributed by atoms with E-state index in [1.807, 2.05) is 23.3 Å². The molecule has 15 heteroatoms. The average Bonchev–Trinajstić information content (AvgIpc) is 3.69. The maximum absolute atomic E-state index is 9.82. The Hall–Kier alpha value is -3.69. The first kappa shape index (κ1) is 29.4. The van der Waals surface area contributed by atoms with Gasteiger partial charge >= 0.3 is 0 Å². The highest BCUT2D eigenvalue weighted by atomic mass is 16.6. The van der Waals surface area contributed by atoms with Gasteiger partial charge in [-0.05, 0) is 24.6 Å². The first-order valence-electron chi connectivity index (χ1n) is 13.7. The van der Waals surface area contributed by atoms with E-state index in [-0.39, 0.29) is 10.9 Å². The molecule has 13 nitrogen and oxygen atoms in total. The molecule has 4 radical (unpaired) electrons. The van der Waals surface area contributed by atoms with Crippen LogP contribution in [-0.2, 0) is 18.3 Å². The van der Waals surface area contributed by atoms with Crippen LogP contribution in [0.25, 0.3) is 22.6 Å². The first-order chi connectivity index (χ1) is 20.4. The molecular formula is C28H31B2N7O6. The molecule has 6 rings (SSSR count). The molecule has 2 aliphatic heterocycles. The van der Waals surface area contributed by atoms with Gasteiger partial charge in [-0.25, -0.2) is 15.3 Å². The molecule has 0 amide bonds. The Kier molecular flexibility index (Phi) is 7.59. The van der Waals surface area contributed by atoms with Crippen LogP contribution in [0.2, 0.25) is 0 Å². The fourth-order valence-electron chi connectivity index (χ4n) is 5.29. The number of aryl methyl sites for hydroxylation is 2. The summed E-state index contributed by atoms with van der Waals surface area (Å²) >= 11 is 0. The zero-order chi connectivity index (χ0) is 30.5. The third kappa shape index (κ3) is 6.06. The molecule has 3 aromatic heterocycles. The predicted octanol–water partition coefficient (Wildman–Crippen LogP) is 0.284. The van der Waals surface area contributed by atoms with E-state index in [9.17, 15) is 20.4 Å². The standard InChI is InChI=1S/C28H31B2N7O6/c1-17-4-3-5-18(12-17)20-6-7-36(33-20)25-15-23(35-8-10-42-11-9-35)26-22(31-25)14-24(43-26)21-13-19(34(2)32-21)16-37(27(29,38)39)28(30,40)41/h3-7,12-15,20,33,38-41H,8-11,16H2,1-2H3. The number of ether oxygens (including phenoxy) is 1. The van der Waals surface area contributed by atoms with Gasteiger partial charge in [0.15, 0.2) is 38.7 Å². The zero-order valence-electron chi connectivity index (χ0n) is 23.8. The second-order valence-corrected chi connectivity index (χ2v) is 10.8. The highest BCUT2D eigenvalue weighted by Crippen LogP contribution is 2.37. The van der Waals surface area contributed by atoms with Crippen molar-refractivity contribution in [3.63, 3.8) is 0 Å². The molecule has 5 N–H and O–H groups in total. The summed E-state index contributed by atoms with van der Waals surface area (Å²) in [5, 5.41) is 45.7. The van der Waals surface area contributed by atoms with Crippen LogP contribution in [0.5, 0.6) is 0 Å². The molecule has 1 saturated heterocycles. The number of hydrogen-bond donors (Lipinski definition) is 5. The van der Waals surface area contributed by atoms with Crippen molar-refractivity contribution in [3.05, 3.63) is 71.6 Å². The van der Waals surface area contributed by atoms with Crippen molar-refractivity contribution in [3.8, 4) is 11.5 Å². The number of nitrogens with one attached hydrogen (secondary N) is 1. The van der Waals surface area contributed by atoms with Gasteiger partial charge in [-0.15, -0.1) is 0 Å². The van der Waals surface area contributed by atoms with Crippen molar-refractivity contribution in [1.82, 2.24) is 25.1 Å². The number of pyridine rings is 1. The van der Waals surface area contributed by atoms with Crippen LogP contribution in [0.4, 0.5) is 11.5 Å². The number of nitrogens with zero attached hydrogens (tertiary/aromatic N) is 6. The minimum absolute atomic E-state index is 0.00848. The van der Waals surface area contributed by atoms with Gasteiger partial charge in [-0.3, -0.25) is 9.69 Å². The van der Waals surface area contributed by atoms with E-state index in [1.54, 1.807) is 19.2 Å². The summed E-state index contributed by atoms with van der Waals surface area (Å²) in [7, 11) is 12.2. The van der Waals surface area contributed by atoms with Crippen LogP contribution in [-0.4, -0.2) is 93.7 Å². The average molecular weight is 583 g/mol. The molecule has 0 aliphatic carbocycles. The Labute approximate surface area is 250 Å². The van der Waals surface area contributed by atoms with E-state index < -0.39 is 18.2 Å². The number of rotatable bonds is 8. The lowest BCUT2D eigenvalue weighted by Gasteiger charge is -2.40. The molecule has 1 unspecified atom stereocenters. The van der Waals surface area contributed by atoms with E-state index >= 15 is 0 Å². The van der Waals surface area contributed by atoms with Crippen LogP contribution >= 0.6 is 0 Å². The Balaban J connectivity index is 1.35. The number of benzene rings is 1. The lowest BCUT2D eigenvalue weighted by Crippen LogP contribution is -2.61. The maximum Gasteiger partial charge on any atom is 0.178 e. The number of anilines is 2. The third-order valence-electron chi connectivity index (χ3n) is 7.50.